The molecular weight excluding hydrogens is 412 g/mol. The van der Waals surface area contributed by atoms with E-state index in [0.29, 0.717) is 17.8 Å². The monoisotopic (exact) mass is 444 g/mol. The molecule has 1 atom stereocenters. The van der Waals surface area contributed by atoms with Gasteiger partial charge < -0.3 is 10.1 Å². The minimum atomic E-state index is -3.66. The summed E-state index contributed by atoms with van der Waals surface area (Å²) in [6.45, 7) is 5.70. The van der Waals surface area contributed by atoms with Crippen LogP contribution in [-0.2, 0) is 14.8 Å². The highest BCUT2D eigenvalue weighted by Gasteiger charge is 2.31. The second kappa shape index (κ2) is 9.73. The molecule has 0 aliphatic heterocycles. The molecule has 0 radical (unpaired) electrons. The van der Waals surface area contributed by atoms with Gasteiger partial charge in [0.2, 0.25) is 15.9 Å². The lowest BCUT2D eigenvalue weighted by Crippen LogP contribution is -2.47. The second-order valence-corrected chi connectivity index (χ2v) is 10.1. The van der Waals surface area contributed by atoms with Gasteiger partial charge in [0, 0.05) is 5.69 Å². The Morgan fingerprint density at radius 3 is 2.29 bits per heavy atom. The molecule has 0 spiro atoms. The van der Waals surface area contributed by atoms with Crippen LogP contribution in [0.25, 0.3) is 0 Å². The SMILES string of the molecule is CCC(C(=O)Nc1ccc(OC2CCCC2)cc1)N(c1ccc(C)c(C)c1)S(C)(=O)=O. The topological polar surface area (TPSA) is 75.7 Å². The number of hydrogen-bond donors (Lipinski definition) is 1. The molecule has 0 aromatic heterocycles. The first-order valence-electron chi connectivity index (χ1n) is 10.8. The first-order valence-corrected chi connectivity index (χ1v) is 12.7. The third-order valence-corrected chi connectivity index (χ3v) is 6.98. The fourth-order valence-corrected chi connectivity index (χ4v) is 5.17. The Kier molecular flexibility index (Phi) is 7.26. The molecule has 1 fully saturated rings. The quantitative estimate of drug-likeness (QED) is 0.634. The summed E-state index contributed by atoms with van der Waals surface area (Å²) in [5.74, 6) is 0.417. The van der Waals surface area contributed by atoms with Gasteiger partial charge in [0.15, 0.2) is 0 Å². The van der Waals surface area contributed by atoms with E-state index in [9.17, 15) is 13.2 Å². The Morgan fingerprint density at radius 2 is 1.74 bits per heavy atom. The molecule has 7 heteroatoms. The van der Waals surface area contributed by atoms with Gasteiger partial charge in [0.25, 0.3) is 0 Å². The first kappa shape index (κ1) is 23.1. The number of hydrogen-bond acceptors (Lipinski definition) is 4. The van der Waals surface area contributed by atoms with Crippen LogP contribution in [0.15, 0.2) is 42.5 Å². The lowest BCUT2D eigenvalue weighted by molar-refractivity contribution is -0.117. The maximum atomic E-state index is 13.1. The zero-order chi connectivity index (χ0) is 22.6. The first-order chi connectivity index (χ1) is 14.7. The van der Waals surface area contributed by atoms with Crippen molar-refractivity contribution in [3.05, 3.63) is 53.6 Å². The number of benzene rings is 2. The Morgan fingerprint density at radius 1 is 1.10 bits per heavy atom. The van der Waals surface area contributed by atoms with E-state index in [4.69, 9.17) is 4.74 Å². The zero-order valence-electron chi connectivity index (χ0n) is 18.7. The summed E-state index contributed by atoms with van der Waals surface area (Å²) >= 11 is 0. The second-order valence-electron chi connectivity index (χ2n) is 8.29. The van der Waals surface area contributed by atoms with Crippen molar-refractivity contribution in [1.82, 2.24) is 0 Å². The van der Waals surface area contributed by atoms with Crippen molar-refractivity contribution in [2.45, 2.75) is 65.0 Å². The van der Waals surface area contributed by atoms with E-state index in [1.54, 1.807) is 18.2 Å². The van der Waals surface area contributed by atoms with Crippen molar-refractivity contribution < 1.29 is 17.9 Å². The Balaban J connectivity index is 1.77. The highest BCUT2D eigenvalue weighted by Crippen LogP contribution is 2.27. The molecule has 1 N–H and O–H groups in total. The summed E-state index contributed by atoms with van der Waals surface area (Å²) in [5, 5.41) is 2.86. The molecule has 2 aromatic carbocycles. The molecule has 1 unspecified atom stereocenters. The van der Waals surface area contributed by atoms with Gasteiger partial charge in [-0.1, -0.05) is 13.0 Å². The number of carbonyl (C=O) groups is 1. The summed E-state index contributed by atoms with van der Waals surface area (Å²) in [7, 11) is -3.66. The molecular formula is C24H32N2O4S. The fourth-order valence-electron chi connectivity index (χ4n) is 3.96. The Bertz CT molecular complexity index is 1010. The van der Waals surface area contributed by atoms with Crippen molar-refractivity contribution in [2.24, 2.45) is 0 Å². The molecule has 168 valence electrons. The van der Waals surface area contributed by atoms with Gasteiger partial charge in [0.1, 0.15) is 11.8 Å². The molecule has 0 bridgehead atoms. The van der Waals surface area contributed by atoms with Crippen LogP contribution in [0.4, 0.5) is 11.4 Å². The maximum absolute atomic E-state index is 13.1. The average Bonchev–Trinajstić information content (AvgIpc) is 3.22. The van der Waals surface area contributed by atoms with Crippen LogP contribution in [0, 0.1) is 13.8 Å². The van der Waals surface area contributed by atoms with Crippen LogP contribution >= 0.6 is 0 Å². The van der Waals surface area contributed by atoms with Crippen molar-refractivity contribution in [3.8, 4) is 5.75 Å². The summed E-state index contributed by atoms with van der Waals surface area (Å²) in [4.78, 5) is 13.1. The fraction of sp³-hybridized carbons (Fsp3) is 0.458. The minimum Gasteiger partial charge on any atom is -0.490 e. The van der Waals surface area contributed by atoms with Crippen LogP contribution in [0.5, 0.6) is 5.75 Å². The lowest BCUT2D eigenvalue weighted by atomic mass is 10.1. The van der Waals surface area contributed by atoms with E-state index in [1.807, 2.05) is 45.0 Å². The van der Waals surface area contributed by atoms with Gasteiger partial charge in [-0.15, -0.1) is 0 Å². The Labute approximate surface area is 185 Å². The molecule has 3 rings (SSSR count). The highest BCUT2D eigenvalue weighted by molar-refractivity contribution is 7.92. The number of amides is 1. The van der Waals surface area contributed by atoms with Crippen LogP contribution in [0.2, 0.25) is 0 Å². The number of aryl methyl sites for hydroxylation is 2. The van der Waals surface area contributed by atoms with Crippen molar-refractivity contribution in [3.63, 3.8) is 0 Å². The Hall–Kier alpha value is -2.54. The third-order valence-electron chi connectivity index (χ3n) is 5.80. The number of ether oxygens (including phenoxy) is 1. The third kappa shape index (κ3) is 5.79. The van der Waals surface area contributed by atoms with Crippen LogP contribution in [-0.4, -0.2) is 32.7 Å². The molecule has 0 saturated heterocycles. The smallest absolute Gasteiger partial charge is 0.248 e. The zero-order valence-corrected chi connectivity index (χ0v) is 19.5. The summed E-state index contributed by atoms with van der Waals surface area (Å²) in [6.07, 6.45) is 6.31. The normalized spacial score (nSPS) is 15.5. The summed E-state index contributed by atoms with van der Waals surface area (Å²) in [5.41, 5.74) is 3.14. The largest absolute Gasteiger partial charge is 0.490 e. The number of rotatable bonds is 8. The number of sulfonamides is 1. The van der Waals surface area contributed by atoms with Crippen molar-refractivity contribution in [1.29, 1.82) is 0 Å². The van der Waals surface area contributed by atoms with Crippen molar-refractivity contribution >= 4 is 27.3 Å². The number of nitrogens with zero attached hydrogens (tertiary/aromatic N) is 1. The molecule has 1 amide bonds. The minimum absolute atomic E-state index is 0.270. The van der Waals surface area contributed by atoms with Gasteiger partial charge in [0.05, 0.1) is 18.0 Å². The van der Waals surface area contributed by atoms with Gasteiger partial charge in [-0.2, -0.15) is 0 Å². The predicted octanol–water partition coefficient (Wildman–Crippen LogP) is 4.81. The molecule has 1 aliphatic carbocycles. The van der Waals surface area contributed by atoms with Crippen LogP contribution in [0.1, 0.15) is 50.2 Å². The number of anilines is 2. The van der Waals surface area contributed by atoms with E-state index in [1.165, 1.54) is 17.1 Å². The van der Waals surface area contributed by atoms with Gasteiger partial charge >= 0.3 is 0 Å². The molecule has 1 aliphatic rings. The average molecular weight is 445 g/mol. The number of nitrogens with one attached hydrogen (secondary N) is 1. The molecule has 0 heterocycles. The van der Waals surface area contributed by atoms with E-state index < -0.39 is 16.1 Å². The number of carbonyl (C=O) groups excluding carboxylic acids is 1. The van der Waals surface area contributed by atoms with E-state index in [-0.39, 0.29) is 12.0 Å². The van der Waals surface area contributed by atoms with E-state index in [2.05, 4.69) is 5.32 Å². The standard InChI is InChI=1S/C24H32N2O4S/c1-5-23(26(31(4,28)29)20-13-10-17(2)18(3)16-20)24(27)25-19-11-14-22(15-12-19)30-21-8-6-7-9-21/h10-16,21,23H,5-9H2,1-4H3,(H,25,27). The van der Waals surface area contributed by atoms with Gasteiger partial charge in [-0.25, -0.2) is 8.42 Å². The molecule has 6 nitrogen and oxygen atoms in total. The highest BCUT2D eigenvalue weighted by atomic mass is 32.2. The van der Waals surface area contributed by atoms with E-state index >= 15 is 0 Å². The molecule has 1 saturated carbocycles. The van der Waals surface area contributed by atoms with Gasteiger partial charge in [-0.3, -0.25) is 9.10 Å². The maximum Gasteiger partial charge on any atom is 0.248 e. The predicted molar refractivity (Wildman–Crippen MR) is 125 cm³/mol. The van der Waals surface area contributed by atoms with Crippen LogP contribution < -0.4 is 14.4 Å². The summed E-state index contributed by atoms with van der Waals surface area (Å²) < 4.78 is 32.4. The van der Waals surface area contributed by atoms with E-state index in [0.717, 1.165) is 36.0 Å². The molecule has 31 heavy (non-hydrogen) atoms. The molecule has 2 aromatic rings. The summed E-state index contributed by atoms with van der Waals surface area (Å²) in [6, 6.07) is 11.8. The van der Waals surface area contributed by atoms with Crippen LogP contribution in [0.3, 0.4) is 0 Å². The van der Waals surface area contributed by atoms with Gasteiger partial charge in [-0.05, 0) is 93.5 Å². The lowest BCUT2D eigenvalue weighted by Gasteiger charge is -2.30. The van der Waals surface area contributed by atoms with Crippen molar-refractivity contribution in [2.75, 3.05) is 15.9 Å².